The Hall–Kier alpha value is -2.32. The Morgan fingerprint density at radius 1 is 1.16 bits per heavy atom. The molecule has 0 saturated carbocycles. The van der Waals surface area contributed by atoms with Gasteiger partial charge >= 0.3 is 0 Å². The minimum absolute atomic E-state index is 0.250. The van der Waals surface area contributed by atoms with E-state index in [1.165, 1.54) is 16.2 Å². The summed E-state index contributed by atoms with van der Waals surface area (Å²) in [6.07, 6.45) is 4.21. The fourth-order valence-corrected chi connectivity index (χ4v) is 5.62. The minimum Gasteiger partial charge on any atom is -0.454 e. The van der Waals surface area contributed by atoms with Crippen LogP contribution in [0.25, 0.3) is 10.2 Å². The van der Waals surface area contributed by atoms with Gasteiger partial charge in [0.1, 0.15) is 5.00 Å². The Labute approximate surface area is 151 Å². The third kappa shape index (κ3) is 2.44. The summed E-state index contributed by atoms with van der Waals surface area (Å²) in [4.78, 5) is 17.9. The van der Waals surface area contributed by atoms with E-state index in [-0.39, 0.29) is 12.7 Å². The lowest BCUT2D eigenvalue weighted by Gasteiger charge is -2.11. The van der Waals surface area contributed by atoms with Gasteiger partial charge in [0, 0.05) is 17.0 Å². The van der Waals surface area contributed by atoms with Crippen molar-refractivity contribution in [3.05, 3.63) is 28.1 Å². The Morgan fingerprint density at radius 2 is 1.96 bits per heavy atom. The maximum atomic E-state index is 12.0. The van der Waals surface area contributed by atoms with Gasteiger partial charge in [0.2, 0.25) is 6.79 Å². The summed E-state index contributed by atoms with van der Waals surface area (Å²) in [6, 6.07) is 3.82. The number of carbonyl (C=O) groups is 1. The van der Waals surface area contributed by atoms with Crippen molar-refractivity contribution in [1.82, 2.24) is 4.98 Å². The quantitative estimate of drug-likeness (QED) is 0.729. The number of carbonyl (C=O) groups excluding carboxylic acids is 1. The zero-order valence-corrected chi connectivity index (χ0v) is 14.9. The molecule has 0 unspecified atom stereocenters. The average Bonchev–Trinajstić information content (AvgIpc) is 3.27. The van der Waals surface area contributed by atoms with Crippen molar-refractivity contribution in [3.63, 3.8) is 0 Å². The third-order valence-corrected chi connectivity index (χ3v) is 6.66. The van der Waals surface area contributed by atoms with Crippen LogP contribution in [0.1, 0.15) is 33.6 Å². The number of amides is 1. The Balaban J connectivity index is 1.54. The lowest BCUT2D eigenvalue weighted by Crippen LogP contribution is -2.15. The molecule has 8 heteroatoms. The summed E-state index contributed by atoms with van der Waals surface area (Å²) in [5.41, 5.74) is 8.25. The number of nitrogens with two attached hydrogens (primary N) is 1. The molecular formula is C17H15N3O3S2. The number of ether oxygens (including phenoxy) is 2. The lowest BCUT2D eigenvalue weighted by molar-refractivity contribution is 0.100. The number of nitrogens with one attached hydrogen (secondary N) is 1. The zero-order chi connectivity index (χ0) is 17.0. The molecule has 0 atom stereocenters. The summed E-state index contributed by atoms with van der Waals surface area (Å²) in [5.74, 6) is 1.09. The van der Waals surface area contributed by atoms with Crippen LogP contribution in [0.2, 0.25) is 0 Å². The topological polar surface area (TPSA) is 86.5 Å². The molecule has 1 aliphatic heterocycles. The molecular weight excluding hydrogens is 358 g/mol. The number of benzene rings is 1. The summed E-state index contributed by atoms with van der Waals surface area (Å²) < 4.78 is 11.8. The number of aromatic nitrogens is 1. The van der Waals surface area contributed by atoms with E-state index in [1.807, 2.05) is 12.1 Å². The first-order valence-electron chi connectivity index (χ1n) is 8.10. The molecule has 25 heavy (non-hydrogen) atoms. The van der Waals surface area contributed by atoms with E-state index in [0.29, 0.717) is 11.3 Å². The van der Waals surface area contributed by atoms with E-state index in [1.54, 1.807) is 11.3 Å². The fraction of sp³-hybridized carbons (Fsp3) is 0.294. The highest BCUT2D eigenvalue weighted by Crippen LogP contribution is 2.42. The molecule has 0 radical (unpaired) electrons. The van der Waals surface area contributed by atoms with Gasteiger partial charge in [-0.05, 0) is 31.2 Å². The molecule has 0 saturated heterocycles. The van der Waals surface area contributed by atoms with Crippen LogP contribution in [0.5, 0.6) is 11.5 Å². The van der Waals surface area contributed by atoms with E-state index in [4.69, 9.17) is 15.2 Å². The van der Waals surface area contributed by atoms with E-state index in [2.05, 4.69) is 10.3 Å². The zero-order valence-electron chi connectivity index (χ0n) is 13.3. The van der Waals surface area contributed by atoms with Crippen LogP contribution in [-0.4, -0.2) is 17.7 Å². The molecule has 0 spiro atoms. The van der Waals surface area contributed by atoms with Crippen molar-refractivity contribution in [2.24, 2.45) is 5.73 Å². The van der Waals surface area contributed by atoms with Gasteiger partial charge in [-0.3, -0.25) is 4.79 Å². The first-order valence-corrected chi connectivity index (χ1v) is 9.74. The van der Waals surface area contributed by atoms with Gasteiger partial charge in [0.05, 0.1) is 15.8 Å². The Kier molecular flexibility index (Phi) is 3.36. The van der Waals surface area contributed by atoms with Gasteiger partial charge in [0.25, 0.3) is 5.91 Å². The number of rotatable bonds is 3. The predicted molar refractivity (Wildman–Crippen MR) is 98.5 cm³/mol. The lowest BCUT2D eigenvalue weighted by atomic mass is 9.95. The number of fused-ring (bicyclic) bond motifs is 3. The van der Waals surface area contributed by atoms with Crippen LogP contribution in [0.15, 0.2) is 12.1 Å². The molecule has 3 N–H and O–H groups in total. The highest BCUT2D eigenvalue weighted by Gasteiger charge is 2.25. The molecule has 0 bridgehead atoms. The first-order chi connectivity index (χ1) is 12.2. The fourth-order valence-electron chi connectivity index (χ4n) is 3.38. The second kappa shape index (κ2) is 5.60. The highest BCUT2D eigenvalue weighted by molar-refractivity contribution is 7.23. The molecule has 1 aromatic carbocycles. The van der Waals surface area contributed by atoms with E-state index < -0.39 is 0 Å². The number of thiophene rings is 1. The molecule has 2 aliphatic rings. The van der Waals surface area contributed by atoms with Crippen molar-refractivity contribution in [2.45, 2.75) is 25.7 Å². The molecule has 5 rings (SSSR count). The van der Waals surface area contributed by atoms with Crippen LogP contribution in [-0.2, 0) is 12.8 Å². The molecule has 3 aromatic rings. The SMILES string of the molecule is NC(=O)c1c(Nc2nc3cc4c(cc3s2)OCO4)sc2c1CCCC2. The number of anilines is 2. The second-order valence-corrected chi connectivity index (χ2v) is 8.23. The smallest absolute Gasteiger partial charge is 0.251 e. The van der Waals surface area contributed by atoms with Gasteiger partial charge in [-0.2, -0.15) is 0 Å². The Bertz CT molecular complexity index is 967. The molecule has 0 fully saturated rings. The standard InChI is InChI=1S/C17H15N3O3S2/c18-15(21)14-8-3-1-2-4-12(8)24-16(14)20-17-19-9-5-10-11(23-7-22-10)6-13(9)25-17/h5-6H,1-4,7H2,(H2,18,21)(H,19,20). The number of thiazole rings is 1. The van der Waals surface area contributed by atoms with Crippen molar-refractivity contribution in [3.8, 4) is 11.5 Å². The number of hydrogen-bond acceptors (Lipinski definition) is 7. The maximum absolute atomic E-state index is 12.0. The van der Waals surface area contributed by atoms with E-state index >= 15 is 0 Å². The average molecular weight is 373 g/mol. The highest BCUT2D eigenvalue weighted by atomic mass is 32.1. The molecule has 6 nitrogen and oxygen atoms in total. The van der Waals surface area contributed by atoms with E-state index in [0.717, 1.165) is 57.3 Å². The minimum atomic E-state index is -0.371. The van der Waals surface area contributed by atoms with Gasteiger partial charge in [0.15, 0.2) is 16.6 Å². The summed E-state index contributed by atoms with van der Waals surface area (Å²) >= 11 is 3.14. The number of primary amides is 1. The van der Waals surface area contributed by atoms with Crippen molar-refractivity contribution in [2.75, 3.05) is 12.1 Å². The summed E-state index contributed by atoms with van der Waals surface area (Å²) in [6.45, 7) is 0.250. The first kappa shape index (κ1) is 15.0. The van der Waals surface area contributed by atoms with Gasteiger partial charge < -0.3 is 20.5 Å². The molecule has 1 aliphatic carbocycles. The molecule has 128 valence electrons. The summed E-state index contributed by atoms with van der Waals surface area (Å²) in [7, 11) is 0. The predicted octanol–water partition coefficient (Wildman–Crippen LogP) is 3.81. The largest absolute Gasteiger partial charge is 0.454 e. The number of aryl methyl sites for hydroxylation is 1. The van der Waals surface area contributed by atoms with Crippen molar-refractivity contribution in [1.29, 1.82) is 0 Å². The van der Waals surface area contributed by atoms with Crippen LogP contribution in [0.4, 0.5) is 10.1 Å². The van der Waals surface area contributed by atoms with Crippen molar-refractivity contribution < 1.29 is 14.3 Å². The van der Waals surface area contributed by atoms with E-state index in [9.17, 15) is 4.79 Å². The maximum Gasteiger partial charge on any atom is 0.251 e. The van der Waals surface area contributed by atoms with Gasteiger partial charge in [-0.15, -0.1) is 11.3 Å². The van der Waals surface area contributed by atoms with Crippen molar-refractivity contribution >= 4 is 48.9 Å². The van der Waals surface area contributed by atoms with Crippen LogP contribution < -0.4 is 20.5 Å². The van der Waals surface area contributed by atoms with Crippen LogP contribution >= 0.6 is 22.7 Å². The number of hydrogen-bond donors (Lipinski definition) is 2. The van der Waals surface area contributed by atoms with Crippen LogP contribution in [0, 0.1) is 0 Å². The summed E-state index contributed by atoms with van der Waals surface area (Å²) in [5, 5.41) is 4.86. The molecule has 3 heterocycles. The molecule has 1 amide bonds. The number of nitrogens with zero attached hydrogens (tertiary/aromatic N) is 1. The van der Waals surface area contributed by atoms with Crippen LogP contribution in [0.3, 0.4) is 0 Å². The molecule has 2 aromatic heterocycles. The van der Waals surface area contributed by atoms with Gasteiger partial charge in [-0.25, -0.2) is 4.98 Å². The Morgan fingerprint density at radius 3 is 2.80 bits per heavy atom. The third-order valence-electron chi connectivity index (χ3n) is 4.52. The normalized spacial score (nSPS) is 15.4. The monoisotopic (exact) mass is 373 g/mol. The second-order valence-electron chi connectivity index (χ2n) is 6.10. The van der Waals surface area contributed by atoms with Gasteiger partial charge in [-0.1, -0.05) is 11.3 Å².